The number of nitrogens with two attached hydrogens (primary N) is 1. The molecule has 2 rings (SSSR count). The zero-order valence-corrected chi connectivity index (χ0v) is 11.3. The number of morpholine rings is 1. The molecule has 18 heavy (non-hydrogen) atoms. The first-order chi connectivity index (χ1) is 8.72. The predicted octanol–water partition coefficient (Wildman–Crippen LogP) is -0.0956. The van der Waals surface area contributed by atoms with Gasteiger partial charge in [-0.25, -0.2) is 0 Å². The summed E-state index contributed by atoms with van der Waals surface area (Å²) in [5.74, 6) is 0.932. The third-order valence-electron chi connectivity index (χ3n) is 4.12. The maximum absolute atomic E-state index is 12.4. The fraction of sp³-hybridized carbons (Fsp3) is 0.923. The van der Waals surface area contributed by atoms with Gasteiger partial charge in [0, 0.05) is 19.6 Å². The van der Waals surface area contributed by atoms with Crippen molar-refractivity contribution in [3.05, 3.63) is 0 Å². The molecule has 0 aromatic rings. The monoisotopic (exact) mass is 255 g/mol. The van der Waals surface area contributed by atoms with E-state index in [1.54, 1.807) is 0 Å². The molecular weight excluding hydrogens is 230 g/mol. The van der Waals surface area contributed by atoms with Gasteiger partial charge in [-0.15, -0.1) is 0 Å². The number of nitrogens with zero attached hydrogens (tertiary/aromatic N) is 2. The van der Waals surface area contributed by atoms with E-state index in [1.165, 1.54) is 6.42 Å². The number of hydrogen-bond donors (Lipinski definition) is 1. The zero-order chi connectivity index (χ0) is 13.0. The van der Waals surface area contributed by atoms with Crippen molar-refractivity contribution in [1.82, 2.24) is 9.80 Å². The van der Waals surface area contributed by atoms with Gasteiger partial charge in [-0.1, -0.05) is 0 Å². The van der Waals surface area contributed by atoms with Gasteiger partial charge in [0.1, 0.15) is 0 Å². The Morgan fingerprint density at radius 3 is 2.78 bits per heavy atom. The second kappa shape index (κ2) is 6.50. The molecule has 2 aliphatic rings. The fourth-order valence-corrected chi connectivity index (χ4v) is 2.89. The number of rotatable bonds is 4. The summed E-state index contributed by atoms with van der Waals surface area (Å²) < 4.78 is 5.28. The van der Waals surface area contributed by atoms with Crippen molar-refractivity contribution in [1.29, 1.82) is 0 Å². The van der Waals surface area contributed by atoms with Crippen molar-refractivity contribution in [3.8, 4) is 0 Å². The highest BCUT2D eigenvalue weighted by atomic mass is 16.5. The summed E-state index contributed by atoms with van der Waals surface area (Å²) >= 11 is 0. The minimum Gasteiger partial charge on any atom is -0.378 e. The molecule has 2 saturated heterocycles. The second-order valence-corrected chi connectivity index (χ2v) is 5.34. The summed E-state index contributed by atoms with van der Waals surface area (Å²) in [4.78, 5) is 16.6. The highest BCUT2D eigenvalue weighted by Crippen LogP contribution is 2.21. The molecular formula is C13H25N3O2. The number of hydrogen-bond acceptors (Lipinski definition) is 4. The molecule has 0 radical (unpaired) electrons. The van der Waals surface area contributed by atoms with Crippen molar-refractivity contribution in [2.24, 2.45) is 11.7 Å². The van der Waals surface area contributed by atoms with Crippen molar-refractivity contribution in [2.45, 2.75) is 25.8 Å². The van der Waals surface area contributed by atoms with Crippen LogP contribution in [0.1, 0.15) is 19.8 Å². The van der Waals surface area contributed by atoms with Crippen LogP contribution in [0.4, 0.5) is 0 Å². The topological polar surface area (TPSA) is 58.8 Å². The van der Waals surface area contributed by atoms with Gasteiger partial charge in [0.05, 0.1) is 19.3 Å². The van der Waals surface area contributed by atoms with Crippen LogP contribution in [0.15, 0.2) is 0 Å². The minimum absolute atomic E-state index is 0.00544. The molecule has 0 aromatic carbocycles. The number of ether oxygens (including phenoxy) is 1. The smallest absolute Gasteiger partial charge is 0.239 e. The number of carbonyl (C=O) groups excluding carboxylic acids is 1. The number of likely N-dealkylation sites (tertiary alicyclic amines) is 1. The van der Waals surface area contributed by atoms with E-state index in [4.69, 9.17) is 10.5 Å². The van der Waals surface area contributed by atoms with Gasteiger partial charge >= 0.3 is 0 Å². The van der Waals surface area contributed by atoms with E-state index in [2.05, 4.69) is 4.90 Å². The van der Waals surface area contributed by atoms with Crippen molar-refractivity contribution in [3.63, 3.8) is 0 Å². The van der Waals surface area contributed by atoms with Gasteiger partial charge in [0.2, 0.25) is 5.91 Å². The van der Waals surface area contributed by atoms with Crippen molar-refractivity contribution >= 4 is 5.91 Å². The lowest BCUT2D eigenvalue weighted by Crippen LogP contribution is -2.50. The van der Waals surface area contributed by atoms with Crippen molar-refractivity contribution in [2.75, 3.05) is 45.9 Å². The van der Waals surface area contributed by atoms with Crippen LogP contribution in [0.5, 0.6) is 0 Å². The Balaban J connectivity index is 1.83. The summed E-state index contributed by atoms with van der Waals surface area (Å²) in [6, 6.07) is 0.00544. The molecule has 0 bridgehead atoms. The largest absolute Gasteiger partial charge is 0.378 e. The average Bonchev–Trinajstić information content (AvgIpc) is 2.87. The van der Waals surface area contributed by atoms with Crippen LogP contribution in [0, 0.1) is 5.92 Å². The van der Waals surface area contributed by atoms with Gasteiger partial charge in [-0.3, -0.25) is 9.69 Å². The maximum Gasteiger partial charge on any atom is 0.239 e. The first-order valence-corrected chi connectivity index (χ1v) is 7.03. The Hall–Kier alpha value is -0.650. The van der Waals surface area contributed by atoms with Crippen LogP contribution in [-0.2, 0) is 9.53 Å². The highest BCUT2D eigenvalue weighted by molar-refractivity contribution is 5.81. The van der Waals surface area contributed by atoms with E-state index in [0.29, 0.717) is 19.1 Å². The van der Waals surface area contributed by atoms with Crippen LogP contribution >= 0.6 is 0 Å². The highest BCUT2D eigenvalue weighted by Gasteiger charge is 2.31. The summed E-state index contributed by atoms with van der Waals surface area (Å²) in [6.07, 6.45) is 2.26. The van der Waals surface area contributed by atoms with Gasteiger partial charge < -0.3 is 15.4 Å². The average molecular weight is 255 g/mol. The molecule has 2 atom stereocenters. The molecule has 2 aliphatic heterocycles. The molecule has 0 aliphatic carbocycles. The quantitative estimate of drug-likeness (QED) is 0.762. The van der Waals surface area contributed by atoms with Crippen LogP contribution < -0.4 is 5.73 Å². The van der Waals surface area contributed by atoms with E-state index in [9.17, 15) is 4.79 Å². The second-order valence-electron chi connectivity index (χ2n) is 5.34. The predicted molar refractivity (Wildman–Crippen MR) is 70.2 cm³/mol. The Morgan fingerprint density at radius 2 is 2.11 bits per heavy atom. The Kier molecular flexibility index (Phi) is 4.97. The van der Waals surface area contributed by atoms with Gasteiger partial charge in [-0.2, -0.15) is 0 Å². The molecule has 0 aromatic heterocycles. The molecule has 0 saturated carbocycles. The summed E-state index contributed by atoms with van der Waals surface area (Å²) in [5, 5.41) is 0. The molecule has 5 heteroatoms. The van der Waals surface area contributed by atoms with Gasteiger partial charge in [0.25, 0.3) is 0 Å². The standard InChI is InChI=1S/C13H25N3O2/c1-11(13(17)15-6-8-18-9-7-15)16-5-3-12(10-16)2-4-14/h11-12H,2-10,14H2,1H3. The summed E-state index contributed by atoms with van der Waals surface area (Å²) in [7, 11) is 0. The fourth-order valence-electron chi connectivity index (χ4n) is 2.89. The molecule has 104 valence electrons. The third kappa shape index (κ3) is 3.22. The lowest BCUT2D eigenvalue weighted by atomic mass is 10.1. The molecule has 1 amide bonds. The molecule has 2 fully saturated rings. The van der Waals surface area contributed by atoms with E-state index >= 15 is 0 Å². The lowest BCUT2D eigenvalue weighted by Gasteiger charge is -2.32. The number of carbonyl (C=O) groups is 1. The Labute approximate surface area is 109 Å². The van der Waals surface area contributed by atoms with E-state index in [1.807, 2.05) is 11.8 Å². The van der Waals surface area contributed by atoms with Crippen LogP contribution in [0.2, 0.25) is 0 Å². The van der Waals surface area contributed by atoms with E-state index in [-0.39, 0.29) is 11.9 Å². The normalized spacial score (nSPS) is 27.4. The molecule has 2 unspecified atom stereocenters. The SMILES string of the molecule is CC(C(=O)N1CCOCC1)N1CCC(CCN)C1. The van der Waals surface area contributed by atoms with Gasteiger partial charge in [-0.05, 0) is 38.8 Å². The first-order valence-electron chi connectivity index (χ1n) is 7.03. The van der Waals surface area contributed by atoms with Gasteiger partial charge in [0.15, 0.2) is 0 Å². The molecule has 5 nitrogen and oxygen atoms in total. The van der Waals surface area contributed by atoms with Crippen molar-refractivity contribution < 1.29 is 9.53 Å². The van der Waals surface area contributed by atoms with E-state index in [0.717, 1.165) is 39.1 Å². The molecule has 2 N–H and O–H groups in total. The zero-order valence-electron chi connectivity index (χ0n) is 11.3. The summed E-state index contributed by atoms with van der Waals surface area (Å²) in [5.41, 5.74) is 5.60. The summed E-state index contributed by atoms with van der Waals surface area (Å²) in [6.45, 7) is 7.66. The van der Waals surface area contributed by atoms with Crippen LogP contribution in [0.25, 0.3) is 0 Å². The van der Waals surface area contributed by atoms with Crippen LogP contribution in [-0.4, -0.2) is 67.7 Å². The van der Waals surface area contributed by atoms with E-state index < -0.39 is 0 Å². The molecule has 0 spiro atoms. The minimum atomic E-state index is 0.00544. The molecule has 2 heterocycles. The van der Waals surface area contributed by atoms with Crippen LogP contribution in [0.3, 0.4) is 0 Å². The lowest BCUT2D eigenvalue weighted by molar-refractivity contribution is -0.140. The Morgan fingerprint density at radius 1 is 1.39 bits per heavy atom. The first kappa shape index (κ1) is 13.8. The maximum atomic E-state index is 12.4. The third-order valence-corrected chi connectivity index (χ3v) is 4.12. The number of amides is 1. The Bertz CT molecular complexity index is 279.